The van der Waals surface area contributed by atoms with Crippen LogP contribution in [0, 0.1) is 0 Å². The van der Waals surface area contributed by atoms with E-state index in [9.17, 15) is 13.2 Å². The molecule has 3 N–H and O–H groups in total. The second-order valence-electron chi connectivity index (χ2n) is 3.49. The second-order valence-corrected chi connectivity index (χ2v) is 5.40. The number of ether oxygens (including phenoxy) is 1. The summed E-state index contributed by atoms with van der Waals surface area (Å²) in [7, 11) is -2.33. The SMILES string of the molecule is COCCNS(=O)(=O)Nc1ccc(Cl)c(C(=O)O)c1. The standard InChI is InChI=1S/C10H13ClN2O5S/c1-18-5-4-12-19(16,17)13-7-2-3-9(11)8(6-7)10(14)15/h2-3,6,12-13H,4-5H2,1H3,(H,14,15). The molecule has 0 spiro atoms. The molecule has 1 aromatic carbocycles. The van der Waals surface area contributed by atoms with Crippen molar-refractivity contribution in [3.8, 4) is 0 Å². The zero-order valence-electron chi connectivity index (χ0n) is 10.0. The zero-order valence-corrected chi connectivity index (χ0v) is 11.6. The van der Waals surface area contributed by atoms with Gasteiger partial charge in [-0.15, -0.1) is 0 Å². The van der Waals surface area contributed by atoms with E-state index in [1.54, 1.807) is 0 Å². The van der Waals surface area contributed by atoms with Crippen molar-refractivity contribution in [3.63, 3.8) is 0 Å². The maximum Gasteiger partial charge on any atom is 0.337 e. The van der Waals surface area contributed by atoms with Crippen molar-refractivity contribution in [2.45, 2.75) is 0 Å². The van der Waals surface area contributed by atoms with E-state index in [2.05, 4.69) is 9.44 Å². The Morgan fingerprint density at radius 2 is 2.16 bits per heavy atom. The van der Waals surface area contributed by atoms with Gasteiger partial charge in [-0.05, 0) is 18.2 Å². The molecule has 106 valence electrons. The Morgan fingerprint density at radius 1 is 1.47 bits per heavy atom. The minimum absolute atomic E-state index is 0.0304. The van der Waals surface area contributed by atoms with Crippen LogP contribution in [0.4, 0.5) is 5.69 Å². The van der Waals surface area contributed by atoms with Gasteiger partial charge < -0.3 is 9.84 Å². The quantitative estimate of drug-likeness (QED) is 0.650. The lowest BCUT2D eigenvalue weighted by Gasteiger charge is -2.10. The Kier molecular flexibility index (Phi) is 5.55. The van der Waals surface area contributed by atoms with Crippen LogP contribution in [0.5, 0.6) is 0 Å². The van der Waals surface area contributed by atoms with E-state index in [1.165, 1.54) is 19.2 Å². The number of methoxy groups -OCH3 is 1. The van der Waals surface area contributed by atoms with E-state index in [1.807, 2.05) is 0 Å². The smallest absolute Gasteiger partial charge is 0.337 e. The Bertz CT molecular complexity index is 561. The summed E-state index contributed by atoms with van der Waals surface area (Å²) < 4.78 is 32.3. The molecule has 7 nitrogen and oxygen atoms in total. The van der Waals surface area contributed by atoms with Gasteiger partial charge >= 0.3 is 5.97 Å². The van der Waals surface area contributed by atoms with Crippen molar-refractivity contribution >= 4 is 33.5 Å². The van der Waals surface area contributed by atoms with Crippen LogP contribution in [0.2, 0.25) is 5.02 Å². The summed E-state index contributed by atoms with van der Waals surface area (Å²) in [6, 6.07) is 3.81. The highest BCUT2D eigenvalue weighted by atomic mass is 35.5. The first-order valence-corrected chi connectivity index (χ1v) is 7.01. The zero-order chi connectivity index (χ0) is 14.5. The Hall–Kier alpha value is -1.35. The summed E-state index contributed by atoms with van der Waals surface area (Å²) >= 11 is 5.67. The minimum Gasteiger partial charge on any atom is -0.478 e. The third-order valence-electron chi connectivity index (χ3n) is 2.05. The van der Waals surface area contributed by atoms with E-state index >= 15 is 0 Å². The summed E-state index contributed by atoms with van der Waals surface area (Å²) in [5.41, 5.74) is -0.0783. The van der Waals surface area contributed by atoms with E-state index in [0.29, 0.717) is 0 Å². The number of aromatic carboxylic acids is 1. The minimum atomic E-state index is -3.78. The number of rotatable bonds is 7. The van der Waals surface area contributed by atoms with Gasteiger partial charge in [0.25, 0.3) is 10.2 Å². The fourth-order valence-corrected chi connectivity index (χ4v) is 2.28. The van der Waals surface area contributed by atoms with Crippen molar-refractivity contribution in [1.29, 1.82) is 0 Å². The van der Waals surface area contributed by atoms with Crippen LogP contribution in [-0.4, -0.2) is 39.8 Å². The van der Waals surface area contributed by atoms with Crippen LogP contribution in [0.3, 0.4) is 0 Å². The number of nitrogens with one attached hydrogen (secondary N) is 2. The highest BCUT2D eigenvalue weighted by Crippen LogP contribution is 2.21. The van der Waals surface area contributed by atoms with E-state index in [0.717, 1.165) is 6.07 Å². The molecule has 1 aromatic rings. The van der Waals surface area contributed by atoms with Crippen molar-refractivity contribution in [2.75, 3.05) is 25.0 Å². The van der Waals surface area contributed by atoms with Gasteiger partial charge in [0.05, 0.1) is 22.9 Å². The molecule has 0 bridgehead atoms. The number of carboxylic acid groups (broad SMARTS) is 1. The first-order chi connectivity index (χ1) is 8.85. The van der Waals surface area contributed by atoms with E-state index in [4.69, 9.17) is 21.4 Å². The number of halogens is 1. The van der Waals surface area contributed by atoms with Crippen molar-refractivity contribution < 1.29 is 23.1 Å². The molecular formula is C10H13ClN2O5S. The average Bonchev–Trinajstić information content (AvgIpc) is 2.31. The molecule has 0 unspecified atom stereocenters. The van der Waals surface area contributed by atoms with Crippen LogP contribution < -0.4 is 9.44 Å². The molecule has 9 heteroatoms. The molecule has 0 aromatic heterocycles. The maximum atomic E-state index is 11.6. The maximum absolute atomic E-state index is 11.6. The lowest BCUT2D eigenvalue weighted by Crippen LogP contribution is -2.32. The van der Waals surface area contributed by atoms with Crippen LogP contribution in [0.15, 0.2) is 18.2 Å². The lowest BCUT2D eigenvalue weighted by molar-refractivity contribution is 0.0697. The number of anilines is 1. The predicted octanol–water partition coefficient (Wildman–Crippen LogP) is 0.931. The van der Waals surface area contributed by atoms with Gasteiger partial charge in [-0.2, -0.15) is 13.1 Å². The van der Waals surface area contributed by atoms with E-state index in [-0.39, 0.29) is 29.4 Å². The van der Waals surface area contributed by atoms with Gasteiger partial charge in [-0.1, -0.05) is 11.6 Å². The first kappa shape index (κ1) is 15.7. The largest absolute Gasteiger partial charge is 0.478 e. The van der Waals surface area contributed by atoms with Gasteiger partial charge in [-0.3, -0.25) is 4.72 Å². The van der Waals surface area contributed by atoms with Gasteiger partial charge in [0, 0.05) is 13.7 Å². The molecule has 0 aliphatic carbocycles. The summed E-state index contributed by atoms with van der Waals surface area (Å²) in [5, 5.41) is 8.90. The van der Waals surface area contributed by atoms with Crippen LogP contribution in [0.1, 0.15) is 10.4 Å². The molecule has 1 rings (SSSR count). The van der Waals surface area contributed by atoms with Crippen molar-refractivity contribution in [1.82, 2.24) is 4.72 Å². The van der Waals surface area contributed by atoms with Crippen molar-refractivity contribution in [2.24, 2.45) is 0 Å². The van der Waals surface area contributed by atoms with Crippen LogP contribution >= 0.6 is 11.6 Å². The van der Waals surface area contributed by atoms with Crippen molar-refractivity contribution in [3.05, 3.63) is 28.8 Å². The Morgan fingerprint density at radius 3 is 2.74 bits per heavy atom. The molecule has 0 saturated heterocycles. The van der Waals surface area contributed by atoms with Gasteiger partial charge in [0.15, 0.2) is 0 Å². The molecule has 19 heavy (non-hydrogen) atoms. The number of carboxylic acids is 1. The molecule has 0 atom stereocenters. The molecule has 0 amide bonds. The number of benzene rings is 1. The average molecular weight is 309 g/mol. The third-order valence-corrected chi connectivity index (χ3v) is 3.47. The van der Waals surface area contributed by atoms with Gasteiger partial charge in [-0.25, -0.2) is 4.79 Å². The normalized spacial score (nSPS) is 11.3. The molecular weight excluding hydrogens is 296 g/mol. The molecule has 0 fully saturated rings. The fraction of sp³-hybridized carbons (Fsp3) is 0.300. The van der Waals surface area contributed by atoms with Crippen LogP contribution in [-0.2, 0) is 14.9 Å². The second kappa shape index (κ2) is 6.71. The summed E-state index contributed by atoms with van der Waals surface area (Å²) in [6.45, 7) is 0.327. The molecule has 0 saturated carbocycles. The van der Waals surface area contributed by atoms with Gasteiger partial charge in [0.2, 0.25) is 0 Å². The molecule has 0 radical (unpaired) electrons. The summed E-state index contributed by atoms with van der Waals surface area (Å²) in [4.78, 5) is 10.9. The van der Waals surface area contributed by atoms with Gasteiger partial charge in [0.1, 0.15) is 0 Å². The highest BCUT2D eigenvalue weighted by molar-refractivity contribution is 7.90. The number of carbonyl (C=O) groups is 1. The fourth-order valence-electron chi connectivity index (χ4n) is 1.22. The third kappa shape index (κ3) is 5.03. The summed E-state index contributed by atoms with van der Waals surface area (Å²) in [5.74, 6) is -1.24. The molecule has 0 aliphatic rings. The highest BCUT2D eigenvalue weighted by Gasteiger charge is 2.13. The Labute approximate surface area is 115 Å². The topological polar surface area (TPSA) is 105 Å². The number of hydrogen-bond acceptors (Lipinski definition) is 4. The van der Waals surface area contributed by atoms with Crippen LogP contribution in [0.25, 0.3) is 0 Å². The first-order valence-electron chi connectivity index (χ1n) is 5.15. The van der Waals surface area contributed by atoms with E-state index < -0.39 is 16.2 Å². The molecule has 0 aliphatic heterocycles. The lowest BCUT2D eigenvalue weighted by atomic mass is 10.2. The molecule has 0 heterocycles. The number of hydrogen-bond donors (Lipinski definition) is 3. The summed E-state index contributed by atoms with van der Waals surface area (Å²) in [6.07, 6.45) is 0. The predicted molar refractivity (Wildman–Crippen MR) is 70.8 cm³/mol. The monoisotopic (exact) mass is 308 g/mol. The Balaban J connectivity index is 2.82.